The summed E-state index contributed by atoms with van der Waals surface area (Å²) >= 11 is 0. The van der Waals surface area contributed by atoms with Gasteiger partial charge in [0.05, 0.1) is 0 Å². The third-order valence-corrected chi connectivity index (χ3v) is 2.56. The van der Waals surface area contributed by atoms with Crippen molar-refractivity contribution in [3.05, 3.63) is 0 Å². The topological polar surface area (TPSA) is 75.9 Å². The lowest BCUT2D eigenvalue weighted by molar-refractivity contribution is 0.0110. The highest BCUT2D eigenvalue weighted by Crippen LogP contribution is 2.14. The van der Waals surface area contributed by atoms with Crippen molar-refractivity contribution in [3.8, 4) is 0 Å². The molecule has 0 bridgehead atoms. The van der Waals surface area contributed by atoms with E-state index in [1.54, 1.807) is 9.80 Å². The van der Waals surface area contributed by atoms with E-state index >= 15 is 0 Å². The number of urea groups is 1. The van der Waals surface area contributed by atoms with Gasteiger partial charge in [0.1, 0.15) is 5.60 Å². The molecule has 98 valence electrons. The molecule has 2 N–H and O–H groups in total. The molecule has 1 atom stereocenters. The summed E-state index contributed by atoms with van der Waals surface area (Å²) in [5.74, 6) is 0. The number of ether oxygens (including phenoxy) is 1. The highest BCUT2D eigenvalue weighted by atomic mass is 16.6. The highest BCUT2D eigenvalue weighted by Gasteiger charge is 2.30. The summed E-state index contributed by atoms with van der Waals surface area (Å²) in [6.07, 6.45) is -0.339. The molecule has 0 radical (unpaired) electrons. The first-order valence-electron chi connectivity index (χ1n) is 5.74. The van der Waals surface area contributed by atoms with E-state index in [1.165, 1.54) is 0 Å². The zero-order chi connectivity index (χ0) is 13.2. The zero-order valence-electron chi connectivity index (χ0n) is 10.9. The summed E-state index contributed by atoms with van der Waals surface area (Å²) in [5, 5.41) is 0. The van der Waals surface area contributed by atoms with Crippen LogP contribution in [-0.4, -0.2) is 53.2 Å². The summed E-state index contributed by atoms with van der Waals surface area (Å²) in [7, 11) is 0. The lowest BCUT2D eigenvalue weighted by atomic mass is 10.2. The van der Waals surface area contributed by atoms with E-state index in [4.69, 9.17) is 10.5 Å². The van der Waals surface area contributed by atoms with E-state index in [0.29, 0.717) is 19.6 Å². The van der Waals surface area contributed by atoms with Crippen LogP contribution >= 0.6 is 0 Å². The van der Waals surface area contributed by atoms with Crippen LogP contribution in [0.25, 0.3) is 0 Å². The predicted molar refractivity (Wildman–Crippen MR) is 63.6 cm³/mol. The number of primary amides is 1. The van der Waals surface area contributed by atoms with Crippen molar-refractivity contribution in [1.82, 2.24) is 9.80 Å². The molecule has 0 aromatic rings. The fourth-order valence-electron chi connectivity index (χ4n) is 1.78. The van der Waals surface area contributed by atoms with Gasteiger partial charge < -0.3 is 20.3 Å². The smallest absolute Gasteiger partial charge is 0.410 e. The number of rotatable bonds is 0. The van der Waals surface area contributed by atoms with Crippen molar-refractivity contribution in [2.24, 2.45) is 5.73 Å². The summed E-state index contributed by atoms with van der Waals surface area (Å²) in [5.41, 5.74) is 4.73. The lowest BCUT2D eigenvalue weighted by Crippen LogP contribution is -2.57. The van der Waals surface area contributed by atoms with Crippen LogP contribution in [0.2, 0.25) is 0 Å². The molecular formula is C11H21N3O3. The summed E-state index contributed by atoms with van der Waals surface area (Å²) in [6, 6.07) is -0.518. The number of nitrogens with zero attached hydrogens (tertiary/aromatic N) is 2. The molecule has 1 fully saturated rings. The first kappa shape index (κ1) is 13.6. The van der Waals surface area contributed by atoms with Crippen LogP contribution in [0.1, 0.15) is 27.7 Å². The molecule has 6 heteroatoms. The standard InChI is InChI=1S/C11H21N3O3/c1-8-7-13(5-6-14(8)9(12)15)10(16)17-11(2,3)4/h8H,5-7H2,1-4H3,(H2,12,15)/t8-/m0/s1. The van der Waals surface area contributed by atoms with Crippen LogP contribution in [0.3, 0.4) is 0 Å². The van der Waals surface area contributed by atoms with Gasteiger partial charge in [0.25, 0.3) is 0 Å². The van der Waals surface area contributed by atoms with E-state index < -0.39 is 11.6 Å². The van der Waals surface area contributed by atoms with Crippen molar-refractivity contribution in [2.75, 3.05) is 19.6 Å². The van der Waals surface area contributed by atoms with Crippen molar-refractivity contribution in [1.29, 1.82) is 0 Å². The monoisotopic (exact) mass is 243 g/mol. The Bertz CT molecular complexity index is 312. The van der Waals surface area contributed by atoms with Gasteiger partial charge >= 0.3 is 12.1 Å². The van der Waals surface area contributed by atoms with Gasteiger partial charge in [-0.05, 0) is 27.7 Å². The van der Waals surface area contributed by atoms with Gasteiger partial charge in [0, 0.05) is 25.7 Å². The zero-order valence-corrected chi connectivity index (χ0v) is 10.9. The Hall–Kier alpha value is -1.46. The number of amides is 3. The third kappa shape index (κ3) is 3.80. The average Bonchev–Trinajstić information content (AvgIpc) is 2.14. The molecular weight excluding hydrogens is 222 g/mol. The highest BCUT2D eigenvalue weighted by molar-refractivity contribution is 5.73. The van der Waals surface area contributed by atoms with Crippen LogP contribution < -0.4 is 5.73 Å². The van der Waals surface area contributed by atoms with Gasteiger partial charge in [-0.15, -0.1) is 0 Å². The Morgan fingerprint density at radius 2 is 1.88 bits per heavy atom. The Morgan fingerprint density at radius 1 is 1.29 bits per heavy atom. The fraction of sp³-hybridized carbons (Fsp3) is 0.818. The van der Waals surface area contributed by atoms with E-state index in [9.17, 15) is 9.59 Å². The maximum atomic E-state index is 11.8. The summed E-state index contributed by atoms with van der Waals surface area (Å²) in [4.78, 5) is 26.1. The largest absolute Gasteiger partial charge is 0.444 e. The number of hydrogen-bond donors (Lipinski definition) is 1. The number of carbonyl (C=O) groups excluding carboxylic acids is 2. The van der Waals surface area contributed by atoms with Crippen molar-refractivity contribution >= 4 is 12.1 Å². The van der Waals surface area contributed by atoms with Gasteiger partial charge in [-0.3, -0.25) is 0 Å². The van der Waals surface area contributed by atoms with Crippen LogP contribution in [0.5, 0.6) is 0 Å². The van der Waals surface area contributed by atoms with Gasteiger partial charge in [0.2, 0.25) is 0 Å². The normalized spacial score (nSPS) is 21.3. The Morgan fingerprint density at radius 3 is 2.29 bits per heavy atom. The second kappa shape index (κ2) is 4.81. The molecule has 1 heterocycles. The molecule has 1 rings (SSSR count). The van der Waals surface area contributed by atoms with E-state index in [-0.39, 0.29) is 12.1 Å². The van der Waals surface area contributed by atoms with Crippen molar-refractivity contribution in [2.45, 2.75) is 39.3 Å². The first-order valence-corrected chi connectivity index (χ1v) is 5.74. The van der Waals surface area contributed by atoms with Crippen molar-refractivity contribution < 1.29 is 14.3 Å². The van der Waals surface area contributed by atoms with E-state index in [0.717, 1.165) is 0 Å². The van der Waals surface area contributed by atoms with Gasteiger partial charge in [0.15, 0.2) is 0 Å². The molecule has 0 spiro atoms. The SMILES string of the molecule is C[C@H]1CN(C(=O)OC(C)(C)C)CCN1C(N)=O. The second-order valence-corrected chi connectivity index (χ2v) is 5.31. The van der Waals surface area contributed by atoms with Gasteiger partial charge in [-0.2, -0.15) is 0 Å². The molecule has 0 unspecified atom stereocenters. The number of carbonyl (C=O) groups is 2. The Labute approximate surface area is 102 Å². The van der Waals surface area contributed by atoms with E-state index in [1.807, 2.05) is 27.7 Å². The third-order valence-electron chi connectivity index (χ3n) is 2.56. The first-order chi connectivity index (χ1) is 7.70. The fourth-order valence-corrected chi connectivity index (χ4v) is 1.78. The molecule has 0 aromatic carbocycles. The molecule has 1 saturated heterocycles. The molecule has 0 aromatic heterocycles. The predicted octanol–water partition coefficient (Wildman–Crippen LogP) is 1.01. The summed E-state index contributed by atoms with van der Waals surface area (Å²) in [6.45, 7) is 8.72. The Balaban J connectivity index is 2.55. The molecule has 1 aliphatic heterocycles. The number of nitrogens with two attached hydrogens (primary N) is 1. The molecule has 6 nitrogen and oxygen atoms in total. The minimum atomic E-state index is -0.499. The average molecular weight is 243 g/mol. The van der Waals surface area contributed by atoms with Crippen LogP contribution in [0.15, 0.2) is 0 Å². The van der Waals surface area contributed by atoms with Crippen LogP contribution in [0.4, 0.5) is 9.59 Å². The molecule has 0 saturated carbocycles. The van der Waals surface area contributed by atoms with Gasteiger partial charge in [-0.1, -0.05) is 0 Å². The van der Waals surface area contributed by atoms with Crippen molar-refractivity contribution in [3.63, 3.8) is 0 Å². The van der Waals surface area contributed by atoms with Crippen LogP contribution in [-0.2, 0) is 4.74 Å². The summed E-state index contributed by atoms with van der Waals surface area (Å²) < 4.78 is 5.27. The number of piperazine rings is 1. The molecule has 1 aliphatic rings. The lowest BCUT2D eigenvalue weighted by Gasteiger charge is -2.39. The number of hydrogen-bond acceptors (Lipinski definition) is 3. The second-order valence-electron chi connectivity index (χ2n) is 5.31. The molecule has 3 amide bonds. The Kier molecular flexibility index (Phi) is 3.85. The maximum Gasteiger partial charge on any atom is 0.410 e. The van der Waals surface area contributed by atoms with E-state index in [2.05, 4.69) is 0 Å². The van der Waals surface area contributed by atoms with Gasteiger partial charge in [-0.25, -0.2) is 9.59 Å². The molecule has 17 heavy (non-hydrogen) atoms. The minimum absolute atomic E-state index is 0.0752. The maximum absolute atomic E-state index is 11.8. The molecule has 0 aliphatic carbocycles. The van der Waals surface area contributed by atoms with Crippen LogP contribution in [0, 0.1) is 0 Å². The quantitative estimate of drug-likeness (QED) is 0.689. The minimum Gasteiger partial charge on any atom is -0.444 e.